The molecule has 8 heteroatoms. The Hall–Kier alpha value is -0.620. The van der Waals surface area contributed by atoms with Gasteiger partial charge in [-0.1, -0.05) is 65.8 Å². The van der Waals surface area contributed by atoms with Crippen LogP contribution in [0.4, 0.5) is 0 Å². The average molecular weight is 392 g/mol. The van der Waals surface area contributed by atoms with E-state index in [1.807, 2.05) is 0 Å². The summed E-state index contributed by atoms with van der Waals surface area (Å²) in [6.07, 6.45) is 6.02. The van der Waals surface area contributed by atoms with Gasteiger partial charge in [0.05, 0.1) is 10.0 Å². The molecule has 0 unspecified atom stereocenters. The Morgan fingerprint density at radius 2 is 1.78 bits per heavy atom. The molecule has 2 aromatic rings. The fraction of sp³-hybridized carbons (Fsp3) is 0.467. The van der Waals surface area contributed by atoms with E-state index in [1.54, 1.807) is 16.8 Å². The predicted octanol–water partition coefficient (Wildman–Crippen LogP) is 5.29. The lowest BCUT2D eigenvalue weighted by Crippen LogP contribution is -2.18. The molecule has 4 nitrogen and oxygen atoms in total. The molecule has 0 saturated heterocycles. The van der Waals surface area contributed by atoms with Crippen LogP contribution in [0.15, 0.2) is 17.3 Å². The minimum absolute atomic E-state index is 0.411. The molecule has 1 aliphatic carbocycles. The lowest BCUT2D eigenvalue weighted by atomic mass is 9.89. The highest BCUT2D eigenvalue weighted by atomic mass is 35.5. The maximum Gasteiger partial charge on any atom is 0.210 e. The van der Waals surface area contributed by atoms with E-state index in [4.69, 9.17) is 40.6 Å². The first-order chi connectivity index (χ1) is 11.1. The number of hydrogen-bond acceptors (Lipinski definition) is 4. The molecule has 0 atom stereocenters. The first-order valence-electron chi connectivity index (χ1n) is 7.53. The van der Waals surface area contributed by atoms with Gasteiger partial charge in [0.25, 0.3) is 0 Å². The van der Waals surface area contributed by atoms with Crippen LogP contribution < -0.4 is 5.84 Å². The molecule has 23 heavy (non-hydrogen) atoms. The Balaban J connectivity index is 1.74. The van der Waals surface area contributed by atoms with Gasteiger partial charge in [0, 0.05) is 22.3 Å². The summed E-state index contributed by atoms with van der Waals surface area (Å²) in [5.74, 6) is 8.00. The number of thioether (sulfide) groups is 1. The number of nitrogens with two attached hydrogens (primary N) is 1. The second kappa shape index (κ2) is 7.51. The minimum atomic E-state index is 0.411. The Morgan fingerprint density at radius 3 is 2.52 bits per heavy atom. The molecular weight excluding hydrogens is 375 g/mol. The third-order valence-corrected chi connectivity index (χ3v) is 6.31. The van der Waals surface area contributed by atoms with Crippen LogP contribution in [0.1, 0.15) is 49.4 Å². The molecule has 0 aliphatic heterocycles. The van der Waals surface area contributed by atoms with Gasteiger partial charge in [0.15, 0.2) is 5.82 Å². The summed E-state index contributed by atoms with van der Waals surface area (Å²) in [5.41, 5.74) is 0.785. The quantitative estimate of drug-likeness (QED) is 0.437. The number of aromatic nitrogens is 3. The summed E-state index contributed by atoms with van der Waals surface area (Å²) >= 11 is 19.9. The molecule has 0 bridgehead atoms. The van der Waals surface area contributed by atoms with Crippen LogP contribution in [0, 0.1) is 0 Å². The Labute approximate surface area is 154 Å². The molecule has 1 aromatic carbocycles. The summed E-state index contributed by atoms with van der Waals surface area (Å²) in [6, 6.07) is 3.43. The molecular formula is C15H17Cl3N4S. The van der Waals surface area contributed by atoms with Crippen LogP contribution in [0.5, 0.6) is 0 Å². The molecule has 2 N–H and O–H groups in total. The molecule has 1 heterocycles. The normalized spacial score (nSPS) is 16.0. The standard InChI is InChI=1S/C15H17Cl3N4S/c16-11-6-7-12(17)13(18)10(11)8-23-15-21-20-14(22(15)19)9-4-2-1-3-5-9/h6-7,9H,1-5,8,19H2. The average Bonchev–Trinajstić information content (AvgIpc) is 2.93. The SMILES string of the molecule is Nn1c(SCc2c(Cl)ccc(Cl)c2Cl)nnc1C1CCCCC1. The van der Waals surface area contributed by atoms with Crippen molar-refractivity contribution in [3.8, 4) is 0 Å². The summed E-state index contributed by atoms with van der Waals surface area (Å²) in [6.45, 7) is 0. The fourth-order valence-electron chi connectivity index (χ4n) is 2.86. The van der Waals surface area contributed by atoms with Gasteiger partial charge in [0.2, 0.25) is 5.16 Å². The van der Waals surface area contributed by atoms with E-state index >= 15 is 0 Å². The van der Waals surface area contributed by atoms with Gasteiger partial charge in [-0.3, -0.25) is 0 Å². The van der Waals surface area contributed by atoms with Gasteiger partial charge < -0.3 is 5.84 Å². The number of nitrogens with zero attached hydrogens (tertiary/aromatic N) is 3. The zero-order valence-corrected chi connectivity index (χ0v) is 15.5. The Bertz CT molecular complexity index is 698. The number of halogens is 3. The van der Waals surface area contributed by atoms with Crippen LogP contribution in [-0.2, 0) is 5.75 Å². The highest BCUT2D eigenvalue weighted by molar-refractivity contribution is 7.98. The van der Waals surface area contributed by atoms with Gasteiger partial charge in [-0.15, -0.1) is 10.2 Å². The van der Waals surface area contributed by atoms with E-state index in [-0.39, 0.29) is 0 Å². The zero-order valence-electron chi connectivity index (χ0n) is 12.4. The monoisotopic (exact) mass is 390 g/mol. The van der Waals surface area contributed by atoms with Crippen molar-refractivity contribution in [1.82, 2.24) is 14.9 Å². The fourth-order valence-corrected chi connectivity index (χ4v) is 4.61. The largest absolute Gasteiger partial charge is 0.336 e. The van der Waals surface area contributed by atoms with Crippen LogP contribution in [0.3, 0.4) is 0 Å². The van der Waals surface area contributed by atoms with Gasteiger partial charge in [-0.25, -0.2) is 4.68 Å². The smallest absolute Gasteiger partial charge is 0.210 e. The molecule has 3 rings (SSSR count). The molecule has 0 radical (unpaired) electrons. The lowest BCUT2D eigenvalue weighted by Gasteiger charge is -2.20. The maximum atomic E-state index is 6.23. The molecule has 0 spiro atoms. The molecule has 1 aliphatic rings. The van der Waals surface area contributed by atoms with E-state index in [0.29, 0.717) is 31.9 Å². The van der Waals surface area contributed by atoms with Crippen LogP contribution in [0.2, 0.25) is 15.1 Å². The Morgan fingerprint density at radius 1 is 1.09 bits per heavy atom. The molecule has 1 aromatic heterocycles. The van der Waals surface area contributed by atoms with Gasteiger partial charge >= 0.3 is 0 Å². The highest BCUT2D eigenvalue weighted by Crippen LogP contribution is 2.36. The van der Waals surface area contributed by atoms with E-state index in [0.717, 1.165) is 24.2 Å². The summed E-state index contributed by atoms with van der Waals surface area (Å²) in [5, 5.41) is 10.7. The molecule has 0 amide bonds. The summed E-state index contributed by atoms with van der Waals surface area (Å²) in [7, 11) is 0. The van der Waals surface area contributed by atoms with Crippen molar-refractivity contribution in [2.24, 2.45) is 0 Å². The summed E-state index contributed by atoms with van der Waals surface area (Å²) < 4.78 is 1.60. The van der Waals surface area contributed by atoms with Crippen molar-refractivity contribution in [2.75, 3.05) is 5.84 Å². The lowest BCUT2D eigenvalue weighted by molar-refractivity contribution is 0.421. The predicted molar refractivity (Wildman–Crippen MR) is 97.0 cm³/mol. The van der Waals surface area contributed by atoms with E-state index in [1.165, 1.54) is 31.0 Å². The number of benzene rings is 1. The van der Waals surface area contributed by atoms with Crippen molar-refractivity contribution in [1.29, 1.82) is 0 Å². The molecule has 124 valence electrons. The summed E-state index contributed by atoms with van der Waals surface area (Å²) in [4.78, 5) is 0. The second-order valence-corrected chi connectivity index (χ2v) is 7.79. The number of rotatable bonds is 4. The highest BCUT2D eigenvalue weighted by Gasteiger charge is 2.23. The van der Waals surface area contributed by atoms with E-state index < -0.39 is 0 Å². The number of hydrogen-bond donors (Lipinski definition) is 1. The van der Waals surface area contributed by atoms with Crippen molar-refractivity contribution in [2.45, 2.75) is 48.9 Å². The van der Waals surface area contributed by atoms with E-state index in [2.05, 4.69) is 10.2 Å². The number of nitrogen functional groups attached to an aromatic ring is 1. The van der Waals surface area contributed by atoms with Crippen molar-refractivity contribution in [3.63, 3.8) is 0 Å². The van der Waals surface area contributed by atoms with Gasteiger partial charge in [0.1, 0.15) is 0 Å². The van der Waals surface area contributed by atoms with Crippen LogP contribution >= 0.6 is 46.6 Å². The topological polar surface area (TPSA) is 56.7 Å². The van der Waals surface area contributed by atoms with E-state index in [9.17, 15) is 0 Å². The molecule has 1 saturated carbocycles. The van der Waals surface area contributed by atoms with Crippen LogP contribution in [-0.4, -0.2) is 14.9 Å². The first-order valence-corrected chi connectivity index (χ1v) is 9.65. The molecule has 1 fully saturated rings. The second-order valence-electron chi connectivity index (χ2n) is 5.66. The van der Waals surface area contributed by atoms with Gasteiger partial charge in [-0.05, 0) is 25.0 Å². The third-order valence-electron chi connectivity index (χ3n) is 4.15. The van der Waals surface area contributed by atoms with Gasteiger partial charge in [-0.2, -0.15) is 0 Å². The van der Waals surface area contributed by atoms with Crippen molar-refractivity contribution < 1.29 is 0 Å². The van der Waals surface area contributed by atoms with Crippen LogP contribution in [0.25, 0.3) is 0 Å². The maximum absolute atomic E-state index is 6.23. The zero-order chi connectivity index (χ0) is 16.4. The first kappa shape index (κ1) is 17.2. The third kappa shape index (κ3) is 3.73. The Kier molecular flexibility index (Phi) is 5.62. The van der Waals surface area contributed by atoms with Crippen molar-refractivity contribution >= 4 is 46.6 Å². The minimum Gasteiger partial charge on any atom is -0.336 e. The van der Waals surface area contributed by atoms with Crippen molar-refractivity contribution in [3.05, 3.63) is 38.6 Å².